The summed E-state index contributed by atoms with van der Waals surface area (Å²) in [6.07, 6.45) is 4.27. The molecular weight excluding hydrogens is 338 g/mol. The van der Waals surface area contributed by atoms with Gasteiger partial charge in [0.05, 0.1) is 12.8 Å². The number of rotatable bonds is 7. The molecule has 25 heavy (non-hydrogen) atoms. The Balaban J connectivity index is 2.04. The van der Waals surface area contributed by atoms with Crippen LogP contribution < -0.4 is 5.32 Å². The molecule has 2 aromatic rings. The molecule has 0 saturated carbocycles. The number of aromatic nitrogens is 1. The van der Waals surface area contributed by atoms with Crippen LogP contribution in [0.5, 0.6) is 0 Å². The lowest BCUT2D eigenvalue weighted by molar-refractivity contribution is -0.116. The molecule has 0 aliphatic carbocycles. The number of hydrogen-bond donors (Lipinski definition) is 1. The molecule has 7 heteroatoms. The molecule has 2 rings (SSSR count). The first-order valence-corrected chi connectivity index (χ1v) is 9.84. The molecule has 0 bridgehead atoms. The first kappa shape index (κ1) is 19.1. The topological polar surface area (TPSA) is 79.4 Å². The number of pyridine rings is 1. The summed E-state index contributed by atoms with van der Waals surface area (Å²) in [6.45, 7) is 4.07. The van der Waals surface area contributed by atoms with Crippen molar-refractivity contribution < 1.29 is 13.2 Å². The molecule has 0 saturated heterocycles. The van der Waals surface area contributed by atoms with Crippen LogP contribution in [-0.2, 0) is 21.4 Å². The predicted molar refractivity (Wildman–Crippen MR) is 98.7 cm³/mol. The van der Waals surface area contributed by atoms with E-state index in [0.717, 1.165) is 16.1 Å². The second kappa shape index (κ2) is 8.22. The maximum Gasteiger partial charge on any atom is 0.239 e. The molecule has 0 unspecified atom stereocenters. The van der Waals surface area contributed by atoms with E-state index < -0.39 is 10.0 Å². The third-order valence-corrected chi connectivity index (χ3v) is 4.95. The first-order chi connectivity index (χ1) is 11.8. The van der Waals surface area contributed by atoms with E-state index in [1.54, 1.807) is 24.5 Å². The van der Waals surface area contributed by atoms with Crippen LogP contribution in [0.4, 0.5) is 5.69 Å². The minimum atomic E-state index is -3.52. The summed E-state index contributed by atoms with van der Waals surface area (Å²) in [5.74, 6) is 0.0302. The van der Waals surface area contributed by atoms with E-state index in [-0.39, 0.29) is 19.0 Å². The van der Waals surface area contributed by atoms with Gasteiger partial charge in [0.1, 0.15) is 0 Å². The quantitative estimate of drug-likeness (QED) is 0.822. The molecule has 1 aromatic heterocycles. The van der Waals surface area contributed by atoms with Gasteiger partial charge in [-0.2, -0.15) is 4.31 Å². The minimum absolute atomic E-state index is 0.126. The number of carbonyl (C=O) groups is 1. The van der Waals surface area contributed by atoms with Gasteiger partial charge in [-0.15, -0.1) is 0 Å². The van der Waals surface area contributed by atoms with Crippen LogP contribution in [0.3, 0.4) is 0 Å². The van der Waals surface area contributed by atoms with Gasteiger partial charge in [0.15, 0.2) is 0 Å². The fourth-order valence-electron chi connectivity index (χ4n) is 2.29. The largest absolute Gasteiger partial charge is 0.325 e. The van der Waals surface area contributed by atoms with Crippen LogP contribution >= 0.6 is 0 Å². The molecule has 134 valence electrons. The van der Waals surface area contributed by atoms with Gasteiger partial charge in [0.25, 0.3) is 0 Å². The van der Waals surface area contributed by atoms with Gasteiger partial charge >= 0.3 is 0 Å². The monoisotopic (exact) mass is 361 g/mol. The van der Waals surface area contributed by atoms with Gasteiger partial charge < -0.3 is 5.32 Å². The Morgan fingerprint density at radius 1 is 1.12 bits per heavy atom. The minimum Gasteiger partial charge on any atom is -0.325 e. The van der Waals surface area contributed by atoms with E-state index in [0.29, 0.717) is 11.6 Å². The second-order valence-corrected chi connectivity index (χ2v) is 8.19. The standard InChI is InChI=1S/C18H23N3O3S/c1-14(2)16-4-6-17(7-5-16)20-18(22)13-21(25(3,23)24)12-15-8-10-19-11-9-15/h4-11,14H,12-13H2,1-3H3,(H,20,22). The highest BCUT2D eigenvalue weighted by atomic mass is 32.2. The molecule has 0 radical (unpaired) electrons. The van der Waals surface area contributed by atoms with Gasteiger partial charge in [-0.3, -0.25) is 9.78 Å². The van der Waals surface area contributed by atoms with E-state index in [1.807, 2.05) is 24.3 Å². The van der Waals surface area contributed by atoms with Crippen molar-refractivity contribution in [3.05, 3.63) is 59.9 Å². The summed E-state index contributed by atoms with van der Waals surface area (Å²) >= 11 is 0. The van der Waals surface area contributed by atoms with Crippen LogP contribution in [-0.4, -0.2) is 36.4 Å². The number of amides is 1. The molecule has 0 fully saturated rings. The lowest BCUT2D eigenvalue weighted by atomic mass is 10.0. The normalized spacial score (nSPS) is 11.7. The van der Waals surface area contributed by atoms with Crippen molar-refractivity contribution in [1.29, 1.82) is 0 Å². The summed E-state index contributed by atoms with van der Waals surface area (Å²) in [7, 11) is -3.52. The van der Waals surface area contributed by atoms with Gasteiger partial charge in [-0.25, -0.2) is 8.42 Å². The number of sulfonamides is 1. The zero-order valence-corrected chi connectivity index (χ0v) is 15.5. The molecule has 1 heterocycles. The van der Waals surface area contributed by atoms with Crippen LogP contribution in [0, 0.1) is 0 Å². The molecule has 1 amide bonds. The average molecular weight is 361 g/mol. The number of carbonyl (C=O) groups excluding carboxylic acids is 1. The van der Waals surface area contributed by atoms with Crippen molar-refractivity contribution in [2.45, 2.75) is 26.3 Å². The number of nitrogens with one attached hydrogen (secondary N) is 1. The van der Waals surface area contributed by atoms with Crippen LogP contribution in [0.2, 0.25) is 0 Å². The van der Waals surface area contributed by atoms with E-state index in [1.165, 1.54) is 5.56 Å². The average Bonchev–Trinajstić information content (AvgIpc) is 2.55. The van der Waals surface area contributed by atoms with Crippen molar-refractivity contribution in [3.8, 4) is 0 Å². The fourth-order valence-corrected chi connectivity index (χ4v) is 3.03. The Bertz CT molecular complexity index is 803. The summed E-state index contributed by atoms with van der Waals surface area (Å²) in [6, 6.07) is 11.0. The van der Waals surface area contributed by atoms with Gasteiger partial charge in [-0.1, -0.05) is 26.0 Å². The zero-order chi connectivity index (χ0) is 18.4. The summed E-state index contributed by atoms with van der Waals surface area (Å²) < 4.78 is 25.1. The van der Waals surface area contributed by atoms with Crippen molar-refractivity contribution in [2.75, 3.05) is 18.1 Å². The van der Waals surface area contributed by atoms with E-state index >= 15 is 0 Å². The molecule has 1 aromatic carbocycles. The van der Waals surface area contributed by atoms with Crippen LogP contribution in [0.15, 0.2) is 48.8 Å². The SMILES string of the molecule is CC(C)c1ccc(NC(=O)CN(Cc2ccncc2)S(C)(=O)=O)cc1. The smallest absolute Gasteiger partial charge is 0.239 e. The highest BCUT2D eigenvalue weighted by molar-refractivity contribution is 7.88. The van der Waals surface area contributed by atoms with E-state index in [2.05, 4.69) is 24.1 Å². The third-order valence-electron chi connectivity index (χ3n) is 3.76. The summed E-state index contributed by atoms with van der Waals surface area (Å²) in [5.41, 5.74) is 2.59. The zero-order valence-electron chi connectivity index (χ0n) is 14.6. The predicted octanol–water partition coefficient (Wildman–Crippen LogP) is 2.61. The van der Waals surface area contributed by atoms with Gasteiger partial charge in [0.2, 0.25) is 15.9 Å². The highest BCUT2D eigenvalue weighted by Gasteiger charge is 2.20. The first-order valence-electron chi connectivity index (χ1n) is 7.99. The molecular formula is C18H23N3O3S. The van der Waals surface area contributed by atoms with Crippen molar-refractivity contribution in [3.63, 3.8) is 0 Å². The number of hydrogen-bond acceptors (Lipinski definition) is 4. The van der Waals surface area contributed by atoms with Crippen LogP contribution in [0.25, 0.3) is 0 Å². The summed E-state index contributed by atoms with van der Waals surface area (Å²) in [4.78, 5) is 16.2. The van der Waals surface area contributed by atoms with Gasteiger partial charge in [0, 0.05) is 24.6 Å². The summed E-state index contributed by atoms with van der Waals surface area (Å²) in [5, 5.41) is 2.74. The second-order valence-electron chi connectivity index (χ2n) is 6.21. The molecule has 0 atom stereocenters. The maximum absolute atomic E-state index is 12.2. The number of anilines is 1. The molecule has 0 aliphatic heterocycles. The molecule has 0 aliphatic rings. The lowest BCUT2D eigenvalue weighted by Gasteiger charge is -2.19. The Kier molecular flexibility index (Phi) is 6.27. The number of benzene rings is 1. The maximum atomic E-state index is 12.2. The Morgan fingerprint density at radius 2 is 1.72 bits per heavy atom. The van der Waals surface area contributed by atoms with E-state index in [4.69, 9.17) is 0 Å². The van der Waals surface area contributed by atoms with Crippen molar-refractivity contribution in [1.82, 2.24) is 9.29 Å². The van der Waals surface area contributed by atoms with Gasteiger partial charge in [-0.05, 0) is 41.3 Å². The number of nitrogens with zero attached hydrogens (tertiary/aromatic N) is 2. The molecule has 6 nitrogen and oxygen atoms in total. The molecule has 1 N–H and O–H groups in total. The Hall–Kier alpha value is -2.25. The highest BCUT2D eigenvalue weighted by Crippen LogP contribution is 2.17. The Labute approximate surface area is 148 Å². The third kappa shape index (κ3) is 5.95. The fraction of sp³-hybridized carbons (Fsp3) is 0.333. The Morgan fingerprint density at radius 3 is 2.24 bits per heavy atom. The van der Waals surface area contributed by atoms with Crippen molar-refractivity contribution in [2.24, 2.45) is 0 Å². The van der Waals surface area contributed by atoms with Crippen molar-refractivity contribution >= 4 is 21.6 Å². The van der Waals surface area contributed by atoms with E-state index in [9.17, 15) is 13.2 Å². The molecule has 0 spiro atoms. The van der Waals surface area contributed by atoms with Crippen LogP contribution in [0.1, 0.15) is 30.9 Å². The lowest BCUT2D eigenvalue weighted by Crippen LogP contribution is -2.36.